The number of hydrogen-bond acceptors (Lipinski definition) is 6. The number of rotatable bonds is 9. The monoisotopic (exact) mass is 429 g/mol. The molecule has 30 heavy (non-hydrogen) atoms. The molecule has 1 aliphatic heterocycles. The zero-order chi connectivity index (χ0) is 21.6. The summed E-state index contributed by atoms with van der Waals surface area (Å²) in [5, 5.41) is -1.66. The molecular weight excluding hydrogens is 401 g/mol. The molecule has 0 spiro atoms. The molecule has 1 atom stereocenters. The van der Waals surface area contributed by atoms with E-state index >= 15 is 0 Å². The van der Waals surface area contributed by atoms with Crippen molar-refractivity contribution in [2.24, 2.45) is 0 Å². The third-order valence-corrected chi connectivity index (χ3v) is 7.83. The van der Waals surface area contributed by atoms with Crippen LogP contribution in [0.5, 0.6) is 5.75 Å². The van der Waals surface area contributed by atoms with Gasteiger partial charge in [0.25, 0.3) is 0 Å². The van der Waals surface area contributed by atoms with Gasteiger partial charge in [-0.05, 0) is 25.5 Å². The summed E-state index contributed by atoms with van der Waals surface area (Å²) < 4.78 is 31.3. The zero-order valence-electron chi connectivity index (χ0n) is 17.5. The van der Waals surface area contributed by atoms with Gasteiger partial charge in [-0.2, -0.15) is 0 Å². The van der Waals surface area contributed by atoms with Crippen molar-refractivity contribution in [3.8, 4) is 5.75 Å². The van der Waals surface area contributed by atoms with Gasteiger partial charge in [0.05, 0.1) is 13.2 Å². The fourth-order valence-electron chi connectivity index (χ4n) is 3.77. The molecule has 7 heteroatoms. The highest BCUT2D eigenvalue weighted by molar-refractivity contribution is 7.56. The first kappa shape index (κ1) is 22.4. The van der Waals surface area contributed by atoms with Crippen LogP contribution in [-0.4, -0.2) is 29.4 Å². The fraction of sp³-hybridized carbons (Fsp3) is 0.348. The first-order valence-corrected chi connectivity index (χ1v) is 11.6. The number of hydrogen-bond donors (Lipinski definition) is 0. The van der Waals surface area contributed by atoms with Crippen LogP contribution >= 0.6 is 7.60 Å². The molecule has 3 rings (SSSR count). The number of carbonyl (C=O) groups excluding carboxylic acids is 1. The minimum Gasteiger partial charge on any atom is -0.424 e. The third-order valence-electron chi connectivity index (χ3n) is 5.08. The Balaban J connectivity index is 2.21. The number of ether oxygens (including phenoxy) is 1. The Bertz CT molecular complexity index is 922. The fourth-order valence-corrected chi connectivity index (χ4v) is 6.06. The molecule has 2 aromatic rings. The average molecular weight is 429 g/mol. The summed E-state index contributed by atoms with van der Waals surface area (Å²) in [7, 11) is -3.97. The van der Waals surface area contributed by atoms with Crippen molar-refractivity contribution in [2.75, 3.05) is 13.2 Å². The Labute approximate surface area is 178 Å². The first-order chi connectivity index (χ1) is 14.5. The Morgan fingerprint density at radius 2 is 1.73 bits per heavy atom. The van der Waals surface area contributed by atoms with Crippen LogP contribution < -0.4 is 4.74 Å². The second-order valence-corrected chi connectivity index (χ2v) is 9.23. The summed E-state index contributed by atoms with van der Waals surface area (Å²) in [6.45, 7) is 8.25. The van der Waals surface area contributed by atoms with E-state index in [0.29, 0.717) is 18.8 Å². The lowest BCUT2D eigenvalue weighted by Gasteiger charge is -2.42. The molecule has 2 aromatic carbocycles. The molecule has 0 radical (unpaired) electrons. The largest absolute Gasteiger partial charge is 0.424 e. The first-order valence-electron chi connectivity index (χ1n) is 10.1. The lowest BCUT2D eigenvalue weighted by atomic mass is 10.1. The highest BCUT2D eigenvalue weighted by Crippen LogP contribution is 2.64. The molecule has 160 valence electrons. The summed E-state index contributed by atoms with van der Waals surface area (Å²) in [5.74, 6) is -0.209. The van der Waals surface area contributed by atoms with Gasteiger partial charge in [0.2, 0.25) is 5.28 Å². The molecule has 0 aromatic heterocycles. The van der Waals surface area contributed by atoms with Gasteiger partial charge in [-0.1, -0.05) is 54.6 Å². The Morgan fingerprint density at radius 3 is 2.37 bits per heavy atom. The van der Waals surface area contributed by atoms with Gasteiger partial charge in [0.15, 0.2) is 0 Å². The van der Waals surface area contributed by atoms with Gasteiger partial charge < -0.3 is 13.8 Å². The van der Waals surface area contributed by atoms with Gasteiger partial charge in [0.1, 0.15) is 5.75 Å². The van der Waals surface area contributed by atoms with Gasteiger partial charge >= 0.3 is 13.6 Å². The number of fused-ring (bicyclic) bond motifs is 1. The maximum atomic E-state index is 14.2. The van der Waals surface area contributed by atoms with E-state index in [0.717, 1.165) is 11.1 Å². The number of carbonyl (C=O) groups is 1. The van der Waals surface area contributed by atoms with Gasteiger partial charge in [-0.3, -0.25) is 9.46 Å². The molecule has 1 aliphatic rings. The maximum Gasteiger partial charge on any atom is 0.362 e. The normalized spacial score (nSPS) is 19.6. The summed E-state index contributed by atoms with van der Waals surface area (Å²) >= 11 is 0. The number of para-hydroxylation sites is 1. The zero-order valence-corrected chi connectivity index (χ0v) is 18.3. The summed E-state index contributed by atoms with van der Waals surface area (Å²) in [6, 6.07) is 17.1. The Kier molecular flexibility index (Phi) is 7.27. The van der Waals surface area contributed by atoms with Crippen LogP contribution in [0.4, 0.5) is 0 Å². The molecule has 6 nitrogen and oxygen atoms in total. The van der Waals surface area contributed by atoms with E-state index in [4.69, 9.17) is 13.8 Å². The summed E-state index contributed by atoms with van der Waals surface area (Å²) in [5.41, 5.74) is 1.80. The SMILES string of the molecule is C=CCC1(P(=O)(OCC)OCC)C(=O)Oc2ccccc2CN1Cc1ccccc1. The average Bonchev–Trinajstić information content (AvgIpc) is 2.85. The molecule has 0 aliphatic carbocycles. The van der Waals surface area contributed by atoms with Crippen LogP contribution in [0.2, 0.25) is 0 Å². The standard InChI is InChI=1S/C23H28NO5P/c1-4-16-23(30(26,27-5-2)28-6-3)22(25)29-21-15-11-10-14-20(21)18-24(23)17-19-12-8-7-9-13-19/h4,7-15H,1,5-6,16-18H2,2-3H3. The van der Waals surface area contributed by atoms with E-state index in [2.05, 4.69) is 6.58 Å². The van der Waals surface area contributed by atoms with Crippen LogP contribution in [0.1, 0.15) is 31.4 Å². The van der Waals surface area contributed by atoms with Crippen molar-refractivity contribution in [3.05, 3.63) is 78.4 Å². The lowest BCUT2D eigenvalue weighted by Crippen LogP contribution is -2.54. The van der Waals surface area contributed by atoms with Crippen molar-refractivity contribution in [1.29, 1.82) is 0 Å². The molecule has 1 heterocycles. The predicted octanol–water partition coefficient (Wildman–Crippen LogP) is 5.15. The third kappa shape index (κ3) is 4.14. The van der Waals surface area contributed by atoms with E-state index in [9.17, 15) is 9.36 Å². The van der Waals surface area contributed by atoms with Crippen molar-refractivity contribution >= 4 is 13.6 Å². The summed E-state index contributed by atoms with van der Waals surface area (Å²) in [4.78, 5) is 15.5. The van der Waals surface area contributed by atoms with E-state index < -0.39 is 18.8 Å². The highest BCUT2D eigenvalue weighted by atomic mass is 31.2. The topological polar surface area (TPSA) is 65.1 Å². The van der Waals surface area contributed by atoms with E-state index in [1.165, 1.54) is 0 Å². The number of nitrogens with zero attached hydrogens (tertiary/aromatic N) is 1. The molecule has 0 saturated heterocycles. The van der Waals surface area contributed by atoms with Crippen LogP contribution in [0, 0.1) is 0 Å². The van der Waals surface area contributed by atoms with Crippen LogP contribution in [0.15, 0.2) is 67.3 Å². The van der Waals surface area contributed by atoms with Crippen LogP contribution in [0.25, 0.3) is 0 Å². The van der Waals surface area contributed by atoms with E-state index in [1.54, 1.807) is 32.1 Å². The summed E-state index contributed by atoms with van der Waals surface area (Å²) in [6.07, 6.45) is 1.63. The minimum atomic E-state index is -3.97. The molecule has 0 saturated carbocycles. The molecule has 0 N–H and O–H groups in total. The van der Waals surface area contributed by atoms with E-state index in [-0.39, 0.29) is 19.6 Å². The second-order valence-electron chi connectivity index (χ2n) is 6.98. The smallest absolute Gasteiger partial charge is 0.362 e. The van der Waals surface area contributed by atoms with Crippen molar-refractivity contribution in [3.63, 3.8) is 0 Å². The van der Waals surface area contributed by atoms with Gasteiger partial charge in [-0.25, -0.2) is 4.79 Å². The van der Waals surface area contributed by atoms with Gasteiger partial charge in [-0.15, -0.1) is 6.58 Å². The van der Waals surface area contributed by atoms with Crippen LogP contribution in [-0.2, 0) is 31.5 Å². The molecule has 0 fully saturated rings. The quantitative estimate of drug-likeness (QED) is 0.238. The lowest BCUT2D eigenvalue weighted by molar-refractivity contribution is -0.143. The maximum absolute atomic E-state index is 14.2. The molecule has 0 amide bonds. The molecule has 0 bridgehead atoms. The Hall–Kier alpha value is -2.24. The van der Waals surface area contributed by atoms with Crippen molar-refractivity contribution < 1.29 is 23.1 Å². The second kappa shape index (κ2) is 9.71. The number of esters is 1. The van der Waals surface area contributed by atoms with Crippen molar-refractivity contribution in [2.45, 2.75) is 38.6 Å². The highest BCUT2D eigenvalue weighted by Gasteiger charge is 2.62. The molecule has 1 unspecified atom stereocenters. The van der Waals surface area contributed by atoms with Gasteiger partial charge in [0, 0.05) is 25.1 Å². The number of benzene rings is 2. The van der Waals surface area contributed by atoms with Crippen LogP contribution in [0.3, 0.4) is 0 Å². The Morgan fingerprint density at radius 1 is 1.10 bits per heavy atom. The van der Waals surface area contributed by atoms with E-state index in [1.807, 2.05) is 47.4 Å². The van der Waals surface area contributed by atoms with Crippen molar-refractivity contribution in [1.82, 2.24) is 4.90 Å². The predicted molar refractivity (Wildman–Crippen MR) is 116 cm³/mol. The molecular formula is C23H28NO5P. The minimum absolute atomic E-state index is 0.0595.